The van der Waals surface area contributed by atoms with Crippen LogP contribution in [0, 0.1) is 6.92 Å². The first-order valence-corrected chi connectivity index (χ1v) is 9.47. The molecule has 0 spiro atoms. The van der Waals surface area contributed by atoms with Gasteiger partial charge in [0.05, 0.1) is 22.3 Å². The number of piperidine rings is 1. The zero-order chi connectivity index (χ0) is 19.0. The quantitative estimate of drug-likeness (QED) is 0.751. The van der Waals surface area contributed by atoms with Gasteiger partial charge >= 0.3 is 0 Å². The van der Waals surface area contributed by atoms with Crippen LogP contribution in [0.25, 0.3) is 22.3 Å². The summed E-state index contributed by atoms with van der Waals surface area (Å²) in [7, 11) is 1.87. The van der Waals surface area contributed by atoms with E-state index >= 15 is 0 Å². The van der Waals surface area contributed by atoms with Gasteiger partial charge in [0.25, 0.3) is 5.91 Å². The molecule has 6 heteroatoms. The van der Waals surface area contributed by atoms with Gasteiger partial charge in [0.2, 0.25) is 0 Å². The molecule has 3 aromatic rings. The molecule has 6 nitrogen and oxygen atoms in total. The lowest BCUT2D eigenvalue weighted by Gasteiger charge is -2.28. The second-order valence-corrected chi connectivity index (χ2v) is 7.38. The number of nitrogens with one attached hydrogen (secondary N) is 2. The van der Waals surface area contributed by atoms with Gasteiger partial charge in [-0.25, -0.2) is 4.98 Å². The number of pyridine rings is 1. The van der Waals surface area contributed by atoms with Crippen LogP contribution in [0.1, 0.15) is 35.8 Å². The van der Waals surface area contributed by atoms with E-state index in [0.717, 1.165) is 47.4 Å². The van der Waals surface area contributed by atoms with Crippen LogP contribution in [0.5, 0.6) is 0 Å². The molecular weight excluding hydrogens is 338 g/mol. The second-order valence-electron chi connectivity index (χ2n) is 7.38. The van der Waals surface area contributed by atoms with Gasteiger partial charge in [-0.1, -0.05) is 30.3 Å². The van der Waals surface area contributed by atoms with Crippen LogP contribution in [-0.2, 0) is 7.05 Å². The summed E-state index contributed by atoms with van der Waals surface area (Å²) in [5, 5.41) is 12.0. The van der Waals surface area contributed by atoms with Gasteiger partial charge in [-0.05, 0) is 39.3 Å². The Labute approximate surface area is 159 Å². The van der Waals surface area contributed by atoms with Crippen LogP contribution in [0.2, 0.25) is 0 Å². The highest BCUT2D eigenvalue weighted by atomic mass is 16.1. The number of fused-ring (bicyclic) bond motifs is 1. The Balaban J connectivity index is 1.77. The highest BCUT2D eigenvalue weighted by Crippen LogP contribution is 2.27. The van der Waals surface area contributed by atoms with Gasteiger partial charge in [-0.3, -0.25) is 9.48 Å². The Hall–Kier alpha value is -2.73. The van der Waals surface area contributed by atoms with Crippen LogP contribution in [-0.4, -0.2) is 39.3 Å². The smallest absolute Gasteiger partial charge is 0.252 e. The maximum Gasteiger partial charge on any atom is 0.252 e. The lowest BCUT2D eigenvalue weighted by Crippen LogP contribution is -2.46. The molecule has 1 aliphatic rings. The zero-order valence-electron chi connectivity index (χ0n) is 16.0. The Kier molecular flexibility index (Phi) is 4.66. The van der Waals surface area contributed by atoms with Crippen molar-refractivity contribution in [2.75, 3.05) is 6.54 Å². The fourth-order valence-corrected chi connectivity index (χ4v) is 3.91. The molecule has 1 saturated heterocycles. The van der Waals surface area contributed by atoms with Crippen molar-refractivity contribution in [3.63, 3.8) is 0 Å². The van der Waals surface area contributed by atoms with Crippen molar-refractivity contribution in [2.24, 2.45) is 7.05 Å². The molecule has 0 aliphatic carbocycles. The minimum atomic E-state index is -0.0465. The van der Waals surface area contributed by atoms with Gasteiger partial charge in [-0.15, -0.1) is 0 Å². The molecule has 0 saturated carbocycles. The molecule has 2 unspecified atom stereocenters. The van der Waals surface area contributed by atoms with E-state index < -0.39 is 0 Å². The maximum atomic E-state index is 13.2. The first-order chi connectivity index (χ1) is 13.0. The molecule has 27 heavy (non-hydrogen) atoms. The van der Waals surface area contributed by atoms with E-state index in [1.54, 1.807) is 4.68 Å². The van der Waals surface area contributed by atoms with Crippen molar-refractivity contribution in [1.29, 1.82) is 0 Å². The fourth-order valence-electron chi connectivity index (χ4n) is 3.91. The topological polar surface area (TPSA) is 71.8 Å². The summed E-state index contributed by atoms with van der Waals surface area (Å²) < 4.78 is 1.75. The summed E-state index contributed by atoms with van der Waals surface area (Å²) in [5.74, 6) is -0.0465. The van der Waals surface area contributed by atoms with E-state index in [-0.39, 0.29) is 11.9 Å². The number of carbonyl (C=O) groups is 1. The lowest BCUT2D eigenvalue weighted by atomic mass is 9.99. The van der Waals surface area contributed by atoms with E-state index in [1.807, 2.05) is 50.4 Å². The number of carbonyl (C=O) groups excluding carboxylic acids is 1. The predicted octanol–water partition coefficient (Wildman–Crippen LogP) is 2.81. The molecule has 1 aliphatic heterocycles. The van der Waals surface area contributed by atoms with E-state index in [4.69, 9.17) is 4.98 Å². The molecule has 2 N–H and O–H groups in total. The number of hydrogen-bond acceptors (Lipinski definition) is 4. The van der Waals surface area contributed by atoms with Crippen molar-refractivity contribution in [2.45, 2.75) is 38.8 Å². The number of aromatic nitrogens is 3. The summed E-state index contributed by atoms with van der Waals surface area (Å²) in [5.41, 5.74) is 3.98. The Morgan fingerprint density at radius 2 is 2.07 bits per heavy atom. The molecule has 4 rings (SSSR count). The van der Waals surface area contributed by atoms with Gasteiger partial charge in [-0.2, -0.15) is 5.10 Å². The van der Waals surface area contributed by atoms with Crippen LogP contribution in [0.15, 0.2) is 36.4 Å². The van der Waals surface area contributed by atoms with Crippen molar-refractivity contribution in [1.82, 2.24) is 25.4 Å². The number of nitrogens with zero attached hydrogens (tertiary/aromatic N) is 3. The Morgan fingerprint density at radius 1 is 1.30 bits per heavy atom. The van der Waals surface area contributed by atoms with E-state index in [0.29, 0.717) is 11.6 Å². The standard InChI is InChI=1S/C21H25N5O/c1-13-11-16(9-10-22-13)23-21(27)17-12-18(15-7-5-4-6-8-15)24-20-19(17)14(2)25-26(20)3/h4-8,12-13,16,22H,9-11H2,1-3H3,(H,23,27). The summed E-state index contributed by atoms with van der Waals surface area (Å²) in [6.07, 6.45) is 1.89. The average molecular weight is 363 g/mol. The highest BCUT2D eigenvalue weighted by molar-refractivity contribution is 6.07. The van der Waals surface area contributed by atoms with Gasteiger partial charge < -0.3 is 10.6 Å². The van der Waals surface area contributed by atoms with Crippen LogP contribution in [0.4, 0.5) is 0 Å². The number of hydrogen-bond donors (Lipinski definition) is 2. The van der Waals surface area contributed by atoms with E-state index in [1.165, 1.54) is 0 Å². The maximum absolute atomic E-state index is 13.2. The molecule has 0 bridgehead atoms. The van der Waals surface area contributed by atoms with Crippen LogP contribution in [0.3, 0.4) is 0 Å². The first kappa shape index (κ1) is 17.7. The summed E-state index contributed by atoms with van der Waals surface area (Å²) in [4.78, 5) is 18.0. The Morgan fingerprint density at radius 3 is 2.81 bits per heavy atom. The van der Waals surface area contributed by atoms with Crippen molar-refractivity contribution in [3.05, 3.63) is 47.7 Å². The Bertz CT molecular complexity index is 979. The second kappa shape index (κ2) is 7.12. The highest BCUT2D eigenvalue weighted by Gasteiger charge is 2.24. The minimum Gasteiger partial charge on any atom is -0.349 e. The van der Waals surface area contributed by atoms with Crippen LogP contribution < -0.4 is 10.6 Å². The number of rotatable bonds is 3. The summed E-state index contributed by atoms with van der Waals surface area (Å²) in [6.45, 7) is 5.01. The fraction of sp³-hybridized carbons (Fsp3) is 0.381. The van der Waals surface area contributed by atoms with Crippen molar-refractivity contribution >= 4 is 16.9 Å². The van der Waals surface area contributed by atoms with Crippen molar-refractivity contribution < 1.29 is 4.79 Å². The largest absolute Gasteiger partial charge is 0.349 e. The lowest BCUT2D eigenvalue weighted by molar-refractivity contribution is 0.0927. The number of aryl methyl sites for hydroxylation is 2. The molecule has 1 aromatic carbocycles. The van der Waals surface area contributed by atoms with E-state index in [9.17, 15) is 4.79 Å². The molecular formula is C21H25N5O. The third kappa shape index (κ3) is 3.45. The first-order valence-electron chi connectivity index (χ1n) is 9.47. The van der Waals surface area contributed by atoms with Gasteiger partial charge in [0.1, 0.15) is 0 Å². The number of amides is 1. The van der Waals surface area contributed by atoms with Crippen molar-refractivity contribution in [3.8, 4) is 11.3 Å². The van der Waals surface area contributed by atoms with Crippen LogP contribution >= 0.6 is 0 Å². The number of benzene rings is 1. The molecule has 3 heterocycles. The predicted molar refractivity (Wildman–Crippen MR) is 107 cm³/mol. The summed E-state index contributed by atoms with van der Waals surface area (Å²) in [6, 6.07) is 12.4. The SMILES string of the molecule is Cc1nn(C)c2nc(-c3ccccc3)cc(C(=O)NC3CCNC(C)C3)c12. The molecule has 0 radical (unpaired) electrons. The van der Waals surface area contributed by atoms with Gasteiger partial charge in [0, 0.05) is 24.7 Å². The zero-order valence-corrected chi connectivity index (χ0v) is 16.0. The molecule has 140 valence electrons. The van der Waals surface area contributed by atoms with E-state index in [2.05, 4.69) is 22.7 Å². The molecule has 2 atom stereocenters. The monoisotopic (exact) mass is 363 g/mol. The van der Waals surface area contributed by atoms with Gasteiger partial charge in [0.15, 0.2) is 5.65 Å². The molecule has 2 aromatic heterocycles. The average Bonchev–Trinajstić information content (AvgIpc) is 2.96. The summed E-state index contributed by atoms with van der Waals surface area (Å²) >= 11 is 0. The minimum absolute atomic E-state index is 0.0465. The third-order valence-corrected chi connectivity index (χ3v) is 5.24. The molecule has 1 fully saturated rings. The normalized spacial score (nSPS) is 20.0. The third-order valence-electron chi connectivity index (χ3n) is 5.24. The molecule has 1 amide bonds.